The Balaban J connectivity index is 0.000000113. The molecule has 0 unspecified atom stereocenters. The molecular weight excluding hydrogens is 1850 g/mol. The molecule has 26 aromatic rings. The lowest BCUT2D eigenvalue weighted by Gasteiger charge is -2.14. The van der Waals surface area contributed by atoms with Crippen molar-refractivity contribution < 1.29 is 0 Å². The zero-order chi connectivity index (χ0) is 93.0. The third kappa shape index (κ3) is 17.6. The highest BCUT2D eigenvalue weighted by Crippen LogP contribution is 2.45. The van der Waals surface area contributed by atoms with E-state index in [9.17, 15) is 0 Å². The summed E-state index contributed by atoms with van der Waals surface area (Å²) in [7, 11) is 0. The first-order valence-corrected chi connectivity index (χ1v) is 47.8. The summed E-state index contributed by atoms with van der Waals surface area (Å²) in [5.74, 6) is 5.77. The van der Waals surface area contributed by atoms with Crippen LogP contribution in [0.3, 0.4) is 0 Å². The zero-order valence-electron chi connectivity index (χ0n) is 74.4. The quantitative estimate of drug-likeness (QED) is 0.124. The van der Waals surface area contributed by atoms with Gasteiger partial charge >= 0.3 is 0 Å². The molecule has 1 aliphatic carbocycles. The van der Waals surface area contributed by atoms with Gasteiger partial charge in [-0.25, -0.2) is 44.9 Å². The van der Waals surface area contributed by atoms with E-state index in [2.05, 4.69) is 268 Å². The molecule has 15 heteroatoms. The van der Waals surface area contributed by atoms with Gasteiger partial charge in [-0.05, 0) is 196 Å². The number of nitrogens with zero attached hydrogens (tertiary/aromatic N) is 11. The molecule has 11 nitrogen and oxygen atoms in total. The number of aromatic nitrogens is 11. The Bertz CT molecular complexity index is 8760. The maximum absolute atomic E-state index is 6.64. The molecule has 141 heavy (non-hydrogen) atoms. The number of hydrogen-bond acceptors (Lipinski definition) is 9. The van der Waals surface area contributed by atoms with Gasteiger partial charge in [0.15, 0.2) is 52.4 Å². The Hall–Kier alpha value is -16.8. The van der Waals surface area contributed by atoms with Crippen LogP contribution in [0.1, 0.15) is 26.0 Å². The average molecular weight is 1940 g/mol. The number of hydrogen-bond donors (Lipinski definition) is 0. The van der Waals surface area contributed by atoms with Crippen LogP contribution in [0.2, 0.25) is 15.1 Å². The largest absolute Gasteiger partial charge is 0.309 e. The fourth-order valence-corrected chi connectivity index (χ4v) is 20.2. The minimum absolute atomic E-state index is 0. The predicted octanol–water partition coefficient (Wildman–Crippen LogP) is 35.0. The van der Waals surface area contributed by atoms with Crippen LogP contribution in [0.25, 0.3) is 233 Å². The van der Waals surface area contributed by atoms with Gasteiger partial charge in [0, 0.05) is 103 Å². The Morgan fingerprint density at radius 3 is 0.801 bits per heavy atom. The van der Waals surface area contributed by atoms with Crippen LogP contribution >= 0.6 is 50.7 Å². The number of halogens is 4. The Kier molecular flexibility index (Phi) is 24.5. The van der Waals surface area contributed by atoms with Crippen molar-refractivity contribution >= 4 is 159 Å². The molecule has 27 rings (SSSR count). The summed E-state index contributed by atoms with van der Waals surface area (Å²) >= 11 is 23.0. The Labute approximate surface area is 838 Å². The standard InChI is InChI=1S/2C41H25ClN4.C25H16BrN3.C17H11Cl.2CH4/c2*42-31-19-20-34-35-22-28-15-7-8-16-29(28)23-37(35)46(38(34)24-31)32-21-30-17-9-10-18-33(30)36(25-32)41-44-39(26-11-3-1-4-12-26)43-40(45-41)27-13-5-2-6-14-27;26-20-15-19-13-7-8-14-21(19)22(16-20)25-28-23(17-9-3-1-4-10-17)27-24(29-25)18-11-5-2-6-12-18;18-15-5-6-16-14(9-15)8-13-7-11-3-1-2-4-12(11)10-17(13)16;;/h2*1-25H;1-16H;1-7,9-10H,8H2;2*1H4. The summed E-state index contributed by atoms with van der Waals surface area (Å²) in [4.78, 5) is 44.7. The van der Waals surface area contributed by atoms with Crippen LogP contribution in [0.4, 0.5) is 0 Å². The Morgan fingerprint density at radius 2 is 0.447 bits per heavy atom. The van der Waals surface area contributed by atoms with Gasteiger partial charge in [0.2, 0.25) is 0 Å². The third-order valence-corrected chi connectivity index (χ3v) is 26.9. The van der Waals surface area contributed by atoms with Crippen LogP contribution < -0.4 is 0 Å². The lowest BCUT2D eigenvalue weighted by atomic mass is 10.0. The maximum Gasteiger partial charge on any atom is 0.164 e. The molecule has 672 valence electrons. The lowest BCUT2D eigenvalue weighted by molar-refractivity contribution is 1.07. The van der Waals surface area contributed by atoms with Crippen LogP contribution in [-0.2, 0) is 6.42 Å². The van der Waals surface area contributed by atoms with E-state index in [1.807, 2.05) is 212 Å². The molecule has 21 aromatic carbocycles. The van der Waals surface area contributed by atoms with Crippen molar-refractivity contribution in [3.63, 3.8) is 0 Å². The summed E-state index contributed by atoms with van der Waals surface area (Å²) < 4.78 is 5.63. The van der Waals surface area contributed by atoms with Crippen LogP contribution in [-0.4, -0.2) is 54.0 Å². The fraction of sp³-hybridized carbons (Fsp3) is 0.0238. The molecule has 5 heterocycles. The highest BCUT2D eigenvalue weighted by atomic mass is 79.9. The van der Waals surface area contributed by atoms with Crippen LogP contribution in [0, 0.1) is 0 Å². The molecular formula is C126H85BrCl3N11. The Morgan fingerprint density at radius 1 is 0.184 bits per heavy atom. The van der Waals surface area contributed by atoms with Crippen molar-refractivity contribution in [2.45, 2.75) is 21.3 Å². The van der Waals surface area contributed by atoms with Crippen molar-refractivity contribution in [1.29, 1.82) is 0 Å². The fourth-order valence-electron chi connectivity index (χ4n) is 19.2. The van der Waals surface area contributed by atoms with Gasteiger partial charge in [0.05, 0.1) is 22.1 Å². The van der Waals surface area contributed by atoms with E-state index in [-0.39, 0.29) is 14.9 Å². The molecule has 0 fully saturated rings. The van der Waals surface area contributed by atoms with Gasteiger partial charge in [0.25, 0.3) is 0 Å². The molecule has 0 aliphatic heterocycles. The number of rotatable bonds is 11. The molecule has 0 radical (unpaired) electrons. The normalized spacial score (nSPS) is 11.4. The summed E-state index contributed by atoms with van der Waals surface area (Å²) in [5, 5.41) is 20.8. The van der Waals surface area contributed by atoms with Gasteiger partial charge in [-0.1, -0.05) is 417 Å². The smallest absolute Gasteiger partial charge is 0.164 e. The summed E-state index contributed by atoms with van der Waals surface area (Å²) in [6.45, 7) is 0. The van der Waals surface area contributed by atoms with Crippen molar-refractivity contribution in [3.8, 4) is 125 Å². The van der Waals surface area contributed by atoms with Crippen molar-refractivity contribution in [1.82, 2.24) is 54.0 Å². The predicted molar refractivity (Wildman–Crippen MR) is 593 cm³/mol. The van der Waals surface area contributed by atoms with E-state index in [0.29, 0.717) is 62.5 Å². The topological polar surface area (TPSA) is 126 Å². The first-order chi connectivity index (χ1) is 68.5. The summed E-state index contributed by atoms with van der Waals surface area (Å²) in [6, 6.07) is 156. The molecule has 0 amide bonds. The highest BCUT2D eigenvalue weighted by Gasteiger charge is 2.26. The van der Waals surface area contributed by atoms with Crippen molar-refractivity contribution in [2.75, 3.05) is 0 Å². The van der Waals surface area contributed by atoms with Gasteiger partial charge < -0.3 is 9.13 Å². The van der Waals surface area contributed by atoms with E-state index in [4.69, 9.17) is 79.7 Å². The van der Waals surface area contributed by atoms with Gasteiger partial charge in [0.1, 0.15) is 0 Å². The molecule has 0 bridgehead atoms. The zero-order valence-corrected chi connectivity index (χ0v) is 78.3. The second-order valence-corrected chi connectivity index (χ2v) is 36.7. The summed E-state index contributed by atoms with van der Waals surface area (Å²) in [5.41, 5.74) is 20.3. The first-order valence-electron chi connectivity index (χ1n) is 45.9. The molecule has 0 atom stereocenters. The SMILES string of the molecule is Brc1cc(-c2nc(-c3ccccc3)nc(-c3ccccc3)n2)c2ccccc2c1.C.C.Clc1ccc2c(c1)Cc1cc3ccccc3cc1-2.Clc1ccc2c3cc4ccccc4cc3n(-c3cc(-c4nc(-c5ccccc5)nc(-c5ccccc5)n4)c4ccccc4c3)c2c1.Clc1ccc2c3cc4ccccc4cc3n(-c3cc(-c4nc(-c5ccccc5)nc(-c5ccccc5)n4)c4ccccc4c3)c2c1. The van der Waals surface area contributed by atoms with E-state index in [1.54, 1.807) is 0 Å². The molecule has 0 saturated carbocycles. The first kappa shape index (κ1) is 89.4. The van der Waals surface area contributed by atoms with Crippen molar-refractivity contribution in [2.24, 2.45) is 0 Å². The van der Waals surface area contributed by atoms with Gasteiger partial charge in [-0.15, -0.1) is 0 Å². The minimum atomic E-state index is 0. The van der Waals surface area contributed by atoms with E-state index >= 15 is 0 Å². The molecule has 0 N–H and O–H groups in total. The maximum atomic E-state index is 6.64. The van der Waals surface area contributed by atoms with E-state index in [0.717, 1.165) is 143 Å². The molecule has 0 saturated heterocycles. The van der Waals surface area contributed by atoms with Crippen LogP contribution in [0.15, 0.2) is 459 Å². The lowest BCUT2D eigenvalue weighted by Crippen LogP contribution is -2.02. The highest BCUT2D eigenvalue weighted by molar-refractivity contribution is 9.10. The second kappa shape index (κ2) is 38.6. The van der Waals surface area contributed by atoms with E-state index < -0.39 is 0 Å². The van der Waals surface area contributed by atoms with Gasteiger partial charge in [-0.3, -0.25) is 0 Å². The third-order valence-electron chi connectivity index (χ3n) is 25.8. The molecule has 0 spiro atoms. The van der Waals surface area contributed by atoms with E-state index in [1.165, 1.54) is 65.3 Å². The average Bonchev–Trinajstić information content (AvgIpc) is 1.59. The second-order valence-electron chi connectivity index (χ2n) is 34.5. The number of benzene rings is 21. The number of fused-ring (bicyclic) bond motifs is 15. The van der Waals surface area contributed by atoms with Gasteiger partial charge in [-0.2, -0.15) is 0 Å². The van der Waals surface area contributed by atoms with Crippen molar-refractivity contribution in [3.05, 3.63) is 486 Å². The van der Waals surface area contributed by atoms with Crippen LogP contribution in [0.5, 0.6) is 0 Å². The minimum Gasteiger partial charge on any atom is -0.309 e. The monoisotopic (exact) mass is 1940 g/mol. The molecule has 5 aromatic heterocycles. The molecule has 1 aliphatic rings. The summed E-state index contributed by atoms with van der Waals surface area (Å²) in [6.07, 6.45) is 0.996.